The molecule has 1 aliphatic carbocycles. The fourth-order valence-corrected chi connectivity index (χ4v) is 5.35. The molecule has 0 unspecified atom stereocenters. The predicted octanol–water partition coefficient (Wildman–Crippen LogP) is 0.650. The highest BCUT2D eigenvalue weighted by molar-refractivity contribution is 5.81. The predicted molar refractivity (Wildman–Crippen MR) is 106 cm³/mol. The third-order valence-corrected chi connectivity index (χ3v) is 7.01. The van der Waals surface area contributed by atoms with Crippen LogP contribution in [-0.4, -0.2) is 56.3 Å². The Morgan fingerprint density at radius 3 is 2.86 bits per heavy atom. The Hall–Kier alpha value is -2.48. The molecule has 1 saturated heterocycles. The van der Waals surface area contributed by atoms with Gasteiger partial charge in [-0.25, -0.2) is 9.67 Å². The number of nitrogens with zero attached hydrogens (tertiary/aromatic N) is 5. The van der Waals surface area contributed by atoms with Crippen molar-refractivity contribution in [2.24, 2.45) is 5.92 Å². The number of hydrogen-bond acceptors (Lipinski definition) is 5. The monoisotopic (exact) mass is 394 g/mol. The quantitative estimate of drug-likeness (QED) is 0.809. The molecule has 0 aromatic carbocycles. The molecular weight excluding hydrogens is 368 g/mol. The topological polar surface area (TPSA) is 85.1 Å². The molecule has 2 aromatic rings. The van der Waals surface area contributed by atoms with E-state index in [2.05, 4.69) is 10.4 Å². The molecule has 0 radical (unpaired) electrons. The molecule has 8 nitrogen and oxygen atoms in total. The zero-order chi connectivity index (χ0) is 19.5. The van der Waals surface area contributed by atoms with Gasteiger partial charge in [-0.15, -0.1) is 0 Å². The average Bonchev–Trinajstić information content (AvgIpc) is 3.53. The summed E-state index contributed by atoms with van der Waals surface area (Å²) >= 11 is 0. The van der Waals surface area contributed by atoms with Gasteiger partial charge in [-0.05, 0) is 25.3 Å². The van der Waals surface area contributed by atoms with Gasteiger partial charge in [0.05, 0.1) is 6.54 Å². The summed E-state index contributed by atoms with van der Waals surface area (Å²) in [7, 11) is 0. The third kappa shape index (κ3) is 2.84. The molecule has 3 aliphatic heterocycles. The molecule has 6 rings (SSSR count). The maximum Gasteiger partial charge on any atom is 0.251 e. The molecule has 2 aromatic heterocycles. The molecule has 5 heterocycles. The molecule has 3 atom stereocenters. The molecule has 2 fully saturated rings. The number of carbonyl (C=O) groups excluding carboxylic acids is 1. The Kier molecular flexibility index (Phi) is 3.91. The fourth-order valence-electron chi connectivity index (χ4n) is 5.35. The van der Waals surface area contributed by atoms with Gasteiger partial charge in [-0.1, -0.05) is 6.07 Å². The van der Waals surface area contributed by atoms with Gasteiger partial charge in [0, 0.05) is 62.1 Å². The van der Waals surface area contributed by atoms with Crippen molar-refractivity contribution in [1.82, 2.24) is 29.5 Å². The number of aromatic nitrogens is 4. The highest BCUT2D eigenvalue weighted by Gasteiger charge is 2.43. The number of rotatable bonds is 2. The minimum Gasteiger partial charge on any atom is -0.339 e. The van der Waals surface area contributed by atoms with Gasteiger partial charge in [0.2, 0.25) is 5.91 Å². The molecule has 1 N–H and O–H groups in total. The van der Waals surface area contributed by atoms with Gasteiger partial charge in [-0.3, -0.25) is 14.2 Å². The van der Waals surface area contributed by atoms with Crippen molar-refractivity contribution in [2.45, 2.75) is 50.1 Å². The van der Waals surface area contributed by atoms with Crippen molar-refractivity contribution < 1.29 is 4.79 Å². The van der Waals surface area contributed by atoms with Crippen molar-refractivity contribution in [2.75, 3.05) is 26.2 Å². The zero-order valence-electron chi connectivity index (χ0n) is 16.5. The number of amides is 1. The summed E-state index contributed by atoms with van der Waals surface area (Å²) < 4.78 is 3.77. The van der Waals surface area contributed by atoms with E-state index in [1.54, 1.807) is 10.6 Å². The molecule has 152 valence electrons. The van der Waals surface area contributed by atoms with Crippen LogP contribution in [-0.2, 0) is 17.8 Å². The van der Waals surface area contributed by atoms with Crippen LogP contribution >= 0.6 is 0 Å². The van der Waals surface area contributed by atoms with E-state index in [9.17, 15) is 9.59 Å². The highest BCUT2D eigenvalue weighted by Crippen LogP contribution is 2.40. The second kappa shape index (κ2) is 6.52. The van der Waals surface area contributed by atoms with Crippen LogP contribution in [0.1, 0.15) is 54.5 Å². The van der Waals surface area contributed by atoms with Gasteiger partial charge in [0.15, 0.2) is 5.82 Å². The lowest BCUT2D eigenvalue weighted by Gasteiger charge is -2.43. The number of piperidine rings is 1. The van der Waals surface area contributed by atoms with Crippen molar-refractivity contribution in [3.63, 3.8) is 0 Å². The van der Waals surface area contributed by atoms with Gasteiger partial charge in [0.1, 0.15) is 11.9 Å². The maximum absolute atomic E-state index is 13.7. The summed E-state index contributed by atoms with van der Waals surface area (Å²) in [6.07, 6.45) is 4.08. The molecule has 29 heavy (non-hydrogen) atoms. The van der Waals surface area contributed by atoms with Crippen LogP contribution in [0.25, 0.3) is 0 Å². The SMILES string of the molecule is O=C([C@H]1[C@@H]2CNC[C@@H](C2)c2cccc(=O)n21)N1CCc2nc(C3CC3)nn2CC1. The lowest BCUT2D eigenvalue weighted by Crippen LogP contribution is -2.53. The summed E-state index contributed by atoms with van der Waals surface area (Å²) in [6.45, 7) is 3.60. The van der Waals surface area contributed by atoms with Gasteiger partial charge >= 0.3 is 0 Å². The Morgan fingerprint density at radius 2 is 2.00 bits per heavy atom. The van der Waals surface area contributed by atoms with E-state index in [1.165, 1.54) is 12.8 Å². The Balaban J connectivity index is 1.28. The van der Waals surface area contributed by atoms with Crippen LogP contribution < -0.4 is 10.9 Å². The van der Waals surface area contributed by atoms with Crippen molar-refractivity contribution >= 4 is 5.91 Å². The zero-order valence-corrected chi connectivity index (χ0v) is 16.5. The molecule has 1 amide bonds. The minimum absolute atomic E-state index is 0.0593. The normalized spacial score (nSPS) is 28.4. The van der Waals surface area contributed by atoms with E-state index in [0.29, 0.717) is 31.5 Å². The first-order chi connectivity index (χ1) is 14.2. The number of nitrogens with one attached hydrogen (secondary N) is 1. The number of pyridine rings is 1. The van der Waals surface area contributed by atoms with Crippen LogP contribution in [0.4, 0.5) is 0 Å². The third-order valence-electron chi connectivity index (χ3n) is 7.01. The van der Waals surface area contributed by atoms with E-state index in [4.69, 9.17) is 4.98 Å². The molecule has 4 aliphatic rings. The maximum atomic E-state index is 13.7. The first-order valence-electron chi connectivity index (χ1n) is 10.8. The standard InChI is InChI=1S/C21H26N6O2/c28-18-3-1-2-16-14-10-15(12-22-11-14)19(27(16)18)21(29)25-7-6-17-23-20(13-4-5-13)24-26(17)9-8-25/h1-3,13-15,19,22H,4-12H2/t14-,15+,19-/m1/s1. The Bertz CT molecular complexity index is 997. The lowest BCUT2D eigenvalue weighted by molar-refractivity contribution is -0.137. The van der Waals surface area contributed by atoms with E-state index in [-0.39, 0.29) is 17.4 Å². The van der Waals surface area contributed by atoms with Gasteiger partial charge < -0.3 is 10.2 Å². The second-order valence-corrected chi connectivity index (χ2v) is 8.91. The van der Waals surface area contributed by atoms with Crippen molar-refractivity contribution in [3.05, 3.63) is 45.9 Å². The van der Waals surface area contributed by atoms with E-state index >= 15 is 0 Å². The Morgan fingerprint density at radius 1 is 1.10 bits per heavy atom. The summed E-state index contributed by atoms with van der Waals surface area (Å²) in [5.41, 5.74) is 0.939. The summed E-state index contributed by atoms with van der Waals surface area (Å²) in [6, 6.07) is 5.00. The average molecular weight is 394 g/mol. The number of carbonyl (C=O) groups is 1. The largest absolute Gasteiger partial charge is 0.339 e. The number of hydrogen-bond donors (Lipinski definition) is 1. The van der Waals surface area contributed by atoms with E-state index < -0.39 is 6.04 Å². The molecule has 2 bridgehead atoms. The van der Waals surface area contributed by atoms with Crippen molar-refractivity contribution in [1.29, 1.82) is 0 Å². The van der Waals surface area contributed by atoms with Gasteiger partial charge in [-0.2, -0.15) is 5.10 Å². The van der Waals surface area contributed by atoms with Crippen LogP contribution in [0.15, 0.2) is 23.0 Å². The molecular formula is C21H26N6O2. The summed E-state index contributed by atoms with van der Waals surface area (Å²) in [5.74, 6) is 3.05. The summed E-state index contributed by atoms with van der Waals surface area (Å²) in [5, 5.41) is 8.15. The summed E-state index contributed by atoms with van der Waals surface area (Å²) in [4.78, 5) is 33.1. The first kappa shape index (κ1) is 17.4. The fraction of sp³-hybridized carbons (Fsp3) is 0.619. The lowest BCUT2D eigenvalue weighted by atomic mass is 9.79. The van der Waals surface area contributed by atoms with E-state index in [1.807, 2.05) is 21.7 Å². The molecule has 8 heteroatoms. The first-order valence-corrected chi connectivity index (χ1v) is 10.8. The van der Waals surface area contributed by atoms with Crippen LogP contribution in [0, 0.1) is 5.92 Å². The van der Waals surface area contributed by atoms with Crippen LogP contribution in [0.5, 0.6) is 0 Å². The molecule has 1 saturated carbocycles. The van der Waals surface area contributed by atoms with Crippen molar-refractivity contribution in [3.8, 4) is 0 Å². The smallest absolute Gasteiger partial charge is 0.251 e. The number of fused-ring (bicyclic) bond motifs is 5. The van der Waals surface area contributed by atoms with Crippen LogP contribution in [0.3, 0.4) is 0 Å². The van der Waals surface area contributed by atoms with Crippen LogP contribution in [0.2, 0.25) is 0 Å². The van der Waals surface area contributed by atoms with E-state index in [0.717, 1.165) is 43.3 Å². The Labute approximate surface area is 168 Å². The second-order valence-electron chi connectivity index (χ2n) is 8.91. The highest BCUT2D eigenvalue weighted by atomic mass is 16.2. The minimum atomic E-state index is -0.414. The molecule has 0 spiro atoms. The van der Waals surface area contributed by atoms with Gasteiger partial charge in [0.25, 0.3) is 5.56 Å².